The Morgan fingerprint density at radius 2 is 2.00 bits per heavy atom. The Morgan fingerprint density at radius 1 is 1.25 bits per heavy atom. The summed E-state index contributed by atoms with van der Waals surface area (Å²) in [6, 6.07) is 6.40. The summed E-state index contributed by atoms with van der Waals surface area (Å²) in [4.78, 5) is 4.62. The van der Waals surface area contributed by atoms with Gasteiger partial charge >= 0.3 is 0 Å². The van der Waals surface area contributed by atoms with E-state index in [0.29, 0.717) is 23.9 Å². The normalized spacial score (nSPS) is 19.4. The van der Waals surface area contributed by atoms with Crippen molar-refractivity contribution >= 4 is 9.84 Å². The highest BCUT2D eigenvalue weighted by Crippen LogP contribution is 2.26. The van der Waals surface area contributed by atoms with Gasteiger partial charge in [-0.05, 0) is 30.7 Å². The third-order valence-electron chi connectivity index (χ3n) is 3.27. The zero-order valence-electron chi connectivity index (χ0n) is 10.9. The number of ether oxygens (including phenoxy) is 1. The Balaban J connectivity index is 1.86. The minimum absolute atomic E-state index is 0.183. The highest BCUT2D eigenvalue weighted by Gasteiger charge is 2.23. The molecule has 1 aromatic carbocycles. The van der Waals surface area contributed by atoms with Crippen molar-refractivity contribution in [1.82, 2.24) is 10.1 Å². The number of sulfone groups is 1. The molecule has 1 saturated heterocycles. The Bertz CT molecular complexity index is 700. The number of hydrogen-bond acceptors (Lipinski definition) is 6. The van der Waals surface area contributed by atoms with E-state index in [1.54, 1.807) is 12.1 Å². The molecule has 3 rings (SSSR count). The number of nitrogens with zero attached hydrogens (tertiary/aromatic N) is 2. The van der Waals surface area contributed by atoms with E-state index >= 15 is 0 Å². The van der Waals surface area contributed by atoms with Gasteiger partial charge in [-0.2, -0.15) is 4.98 Å². The molecule has 2 aromatic rings. The van der Waals surface area contributed by atoms with E-state index in [9.17, 15) is 8.42 Å². The molecule has 0 spiro atoms. The molecule has 1 fully saturated rings. The third kappa shape index (κ3) is 2.59. The second-order valence-electron chi connectivity index (χ2n) is 4.81. The fourth-order valence-corrected chi connectivity index (χ4v) is 2.73. The Kier molecular flexibility index (Phi) is 3.31. The van der Waals surface area contributed by atoms with Crippen LogP contribution in [0.3, 0.4) is 0 Å². The topological polar surface area (TPSA) is 82.3 Å². The van der Waals surface area contributed by atoms with Gasteiger partial charge in [-0.25, -0.2) is 8.42 Å². The summed E-state index contributed by atoms with van der Waals surface area (Å²) in [6.07, 6.45) is 2.07. The Hall–Kier alpha value is -1.73. The highest BCUT2D eigenvalue weighted by atomic mass is 32.2. The average molecular weight is 294 g/mol. The molecule has 0 saturated carbocycles. The molecule has 1 aliphatic rings. The molecule has 106 valence electrons. The van der Waals surface area contributed by atoms with Gasteiger partial charge in [0.2, 0.25) is 0 Å². The van der Waals surface area contributed by atoms with Gasteiger partial charge in [0, 0.05) is 24.3 Å². The average Bonchev–Trinajstić information content (AvgIpc) is 3.09. The standard InChI is InChI=1S/C13H14N2O4S/c1-20(16,17)11-4-2-9(3-5-11)13-14-12(15-19-13)10-6-7-18-8-10/h2-5,10H,6-8H2,1H3. The van der Waals surface area contributed by atoms with Crippen molar-refractivity contribution in [2.24, 2.45) is 0 Å². The minimum atomic E-state index is -3.19. The largest absolute Gasteiger partial charge is 0.381 e. The van der Waals surface area contributed by atoms with Crippen molar-refractivity contribution < 1.29 is 17.7 Å². The number of hydrogen-bond donors (Lipinski definition) is 0. The van der Waals surface area contributed by atoms with Crippen LogP contribution in [-0.4, -0.2) is 38.0 Å². The van der Waals surface area contributed by atoms with E-state index in [1.807, 2.05) is 0 Å². The lowest BCUT2D eigenvalue weighted by Crippen LogP contribution is -1.99. The lowest BCUT2D eigenvalue weighted by Gasteiger charge is -1.99. The molecule has 0 radical (unpaired) electrons. The number of benzene rings is 1. The van der Waals surface area contributed by atoms with Gasteiger partial charge in [0.25, 0.3) is 5.89 Å². The summed E-state index contributed by atoms with van der Waals surface area (Å²) in [7, 11) is -3.19. The molecule has 1 unspecified atom stereocenters. The molecule has 0 aliphatic carbocycles. The van der Waals surface area contributed by atoms with Gasteiger partial charge in [-0.3, -0.25) is 0 Å². The molecular formula is C13H14N2O4S. The quantitative estimate of drug-likeness (QED) is 0.856. The van der Waals surface area contributed by atoms with E-state index in [-0.39, 0.29) is 10.8 Å². The maximum Gasteiger partial charge on any atom is 0.257 e. The van der Waals surface area contributed by atoms with Gasteiger partial charge in [0.05, 0.1) is 11.5 Å². The molecule has 20 heavy (non-hydrogen) atoms. The van der Waals surface area contributed by atoms with Crippen molar-refractivity contribution in [1.29, 1.82) is 0 Å². The summed E-state index contributed by atoms with van der Waals surface area (Å²) in [5.74, 6) is 1.22. The molecule has 0 bridgehead atoms. The summed E-state index contributed by atoms with van der Waals surface area (Å²) in [5.41, 5.74) is 0.704. The molecule has 6 nitrogen and oxygen atoms in total. The van der Waals surface area contributed by atoms with E-state index in [1.165, 1.54) is 18.4 Å². The first-order valence-corrected chi connectivity index (χ1v) is 8.15. The van der Waals surface area contributed by atoms with Crippen LogP contribution < -0.4 is 0 Å². The summed E-state index contributed by atoms with van der Waals surface area (Å²) >= 11 is 0. The van der Waals surface area contributed by atoms with Crippen LogP contribution in [0.2, 0.25) is 0 Å². The van der Waals surface area contributed by atoms with Crippen molar-refractivity contribution in [3.05, 3.63) is 30.1 Å². The molecule has 0 amide bonds. The zero-order chi connectivity index (χ0) is 14.2. The Morgan fingerprint density at radius 3 is 2.60 bits per heavy atom. The molecular weight excluding hydrogens is 280 g/mol. The third-order valence-corrected chi connectivity index (χ3v) is 4.39. The van der Waals surface area contributed by atoms with E-state index in [0.717, 1.165) is 13.0 Å². The molecule has 1 aromatic heterocycles. The molecule has 1 atom stereocenters. The Labute approximate surface area is 116 Å². The van der Waals surface area contributed by atoms with Gasteiger partial charge in [-0.15, -0.1) is 0 Å². The van der Waals surface area contributed by atoms with Crippen LogP contribution in [-0.2, 0) is 14.6 Å². The van der Waals surface area contributed by atoms with Crippen LogP contribution in [0.25, 0.3) is 11.5 Å². The van der Waals surface area contributed by atoms with Gasteiger partial charge in [-0.1, -0.05) is 5.16 Å². The second-order valence-corrected chi connectivity index (χ2v) is 6.83. The van der Waals surface area contributed by atoms with Crippen LogP contribution in [0.5, 0.6) is 0 Å². The molecule has 1 aliphatic heterocycles. The maximum absolute atomic E-state index is 11.4. The monoisotopic (exact) mass is 294 g/mol. The van der Waals surface area contributed by atoms with Crippen molar-refractivity contribution in [3.63, 3.8) is 0 Å². The van der Waals surface area contributed by atoms with E-state index in [2.05, 4.69) is 10.1 Å². The van der Waals surface area contributed by atoms with Gasteiger partial charge in [0.15, 0.2) is 15.7 Å². The van der Waals surface area contributed by atoms with Crippen LogP contribution in [0.15, 0.2) is 33.7 Å². The van der Waals surface area contributed by atoms with Crippen molar-refractivity contribution in [3.8, 4) is 11.5 Å². The number of rotatable bonds is 3. The second kappa shape index (κ2) is 4.99. The van der Waals surface area contributed by atoms with Crippen molar-refractivity contribution in [2.75, 3.05) is 19.5 Å². The molecule has 0 N–H and O–H groups in total. The van der Waals surface area contributed by atoms with Crippen LogP contribution >= 0.6 is 0 Å². The zero-order valence-corrected chi connectivity index (χ0v) is 11.8. The summed E-state index contributed by atoms with van der Waals surface area (Å²) < 4.78 is 33.3. The van der Waals surface area contributed by atoms with Gasteiger partial charge < -0.3 is 9.26 Å². The summed E-state index contributed by atoms with van der Waals surface area (Å²) in [5, 5.41) is 3.96. The summed E-state index contributed by atoms with van der Waals surface area (Å²) in [6.45, 7) is 1.34. The maximum atomic E-state index is 11.4. The lowest BCUT2D eigenvalue weighted by atomic mass is 10.1. The predicted molar refractivity (Wildman–Crippen MR) is 71.0 cm³/mol. The highest BCUT2D eigenvalue weighted by molar-refractivity contribution is 7.90. The van der Waals surface area contributed by atoms with E-state index in [4.69, 9.17) is 9.26 Å². The first-order valence-electron chi connectivity index (χ1n) is 6.26. The van der Waals surface area contributed by atoms with Crippen LogP contribution in [0.1, 0.15) is 18.2 Å². The predicted octanol–water partition coefficient (Wildman–Crippen LogP) is 1.64. The smallest absolute Gasteiger partial charge is 0.257 e. The van der Waals surface area contributed by atoms with Gasteiger partial charge in [0.1, 0.15) is 0 Å². The first-order chi connectivity index (χ1) is 9.54. The van der Waals surface area contributed by atoms with Crippen LogP contribution in [0, 0.1) is 0 Å². The fourth-order valence-electron chi connectivity index (χ4n) is 2.10. The lowest BCUT2D eigenvalue weighted by molar-refractivity contribution is 0.192. The molecule has 2 heterocycles. The fraction of sp³-hybridized carbons (Fsp3) is 0.385. The van der Waals surface area contributed by atoms with Crippen molar-refractivity contribution in [2.45, 2.75) is 17.2 Å². The molecule has 7 heteroatoms. The van der Waals surface area contributed by atoms with E-state index < -0.39 is 9.84 Å². The number of aromatic nitrogens is 2. The SMILES string of the molecule is CS(=O)(=O)c1ccc(-c2nc(C3CCOC3)no2)cc1. The first kappa shape index (κ1) is 13.3. The van der Waals surface area contributed by atoms with Crippen LogP contribution in [0.4, 0.5) is 0 Å². The minimum Gasteiger partial charge on any atom is -0.381 e.